The van der Waals surface area contributed by atoms with Gasteiger partial charge < -0.3 is 14.0 Å². The van der Waals surface area contributed by atoms with Gasteiger partial charge in [0.05, 0.1) is 18.6 Å². The average molecular weight is 401 g/mol. The van der Waals surface area contributed by atoms with E-state index in [1.165, 1.54) is 4.31 Å². The van der Waals surface area contributed by atoms with Crippen molar-refractivity contribution >= 4 is 10.0 Å². The van der Waals surface area contributed by atoms with Crippen molar-refractivity contribution in [3.63, 3.8) is 0 Å². The van der Waals surface area contributed by atoms with E-state index in [9.17, 15) is 8.42 Å². The van der Waals surface area contributed by atoms with Crippen molar-refractivity contribution in [1.29, 1.82) is 0 Å². The molecule has 1 aromatic heterocycles. The number of hydrogen-bond donors (Lipinski definition) is 0. The van der Waals surface area contributed by atoms with Gasteiger partial charge in [-0.3, -0.25) is 0 Å². The SMILES string of the molecule is COc1ccc(-c2noc(C3CN(S(=O)(=O)c4ccccc4)CCO3)n2)cc1. The van der Waals surface area contributed by atoms with E-state index in [2.05, 4.69) is 10.1 Å². The van der Waals surface area contributed by atoms with Gasteiger partial charge in [0.1, 0.15) is 5.75 Å². The smallest absolute Gasteiger partial charge is 0.257 e. The first-order valence-electron chi connectivity index (χ1n) is 8.73. The fourth-order valence-corrected chi connectivity index (χ4v) is 4.40. The van der Waals surface area contributed by atoms with Crippen LogP contribution >= 0.6 is 0 Å². The van der Waals surface area contributed by atoms with Gasteiger partial charge in [-0.2, -0.15) is 9.29 Å². The van der Waals surface area contributed by atoms with Gasteiger partial charge in [0.2, 0.25) is 15.8 Å². The number of hydrogen-bond acceptors (Lipinski definition) is 7. The first-order valence-corrected chi connectivity index (χ1v) is 10.2. The van der Waals surface area contributed by atoms with Crippen LogP contribution < -0.4 is 4.74 Å². The molecular weight excluding hydrogens is 382 g/mol. The number of nitrogens with zero attached hydrogens (tertiary/aromatic N) is 3. The highest BCUT2D eigenvalue weighted by atomic mass is 32.2. The summed E-state index contributed by atoms with van der Waals surface area (Å²) in [6.07, 6.45) is -0.619. The lowest BCUT2D eigenvalue weighted by atomic mass is 10.2. The summed E-state index contributed by atoms with van der Waals surface area (Å²) >= 11 is 0. The number of aromatic nitrogens is 2. The van der Waals surface area contributed by atoms with Gasteiger partial charge in [-0.15, -0.1) is 0 Å². The molecule has 0 N–H and O–H groups in total. The minimum absolute atomic E-state index is 0.113. The van der Waals surface area contributed by atoms with Crippen LogP contribution in [-0.4, -0.2) is 49.7 Å². The summed E-state index contributed by atoms with van der Waals surface area (Å²) in [6.45, 7) is 0.631. The Morgan fingerprint density at radius 3 is 2.57 bits per heavy atom. The number of morpholine rings is 1. The Bertz CT molecular complexity index is 1030. The molecule has 0 spiro atoms. The molecule has 2 heterocycles. The highest BCUT2D eigenvalue weighted by Crippen LogP contribution is 2.27. The number of methoxy groups -OCH3 is 1. The highest BCUT2D eigenvalue weighted by Gasteiger charge is 2.34. The van der Waals surface area contributed by atoms with Crippen molar-refractivity contribution in [2.75, 3.05) is 26.8 Å². The first kappa shape index (κ1) is 18.6. The quantitative estimate of drug-likeness (QED) is 0.648. The summed E-state index contributed by atoms with van der Waals surface area (Å²) in [5, 5.41) is 3.99. The Morgan fingerprint density at radius 2 is 1.86 bits per heavy atom. The molecule has 1 unspecified atom stereocenters. The monoisotopic (exact) mass is 401 g/mol. The fourth-order valence-electron chi connectivity index (χ4n) is 2.96. The van der Waals surface area contributed by atoms with Crippen molar-refractivity contribution in [2.45, 2.75) is 11.0 Å². The van der Waals surface area contributed by atoms with Crippen LogP contribution in [-0.2, 0) is 14.8 Å². The summed E-state index contributed by atoms with van der Waals surface area (Å²) in [6, 6.07) is 15.6. The van der Waals surface area contributed by atoms with Crippen LogP contribution in [0, 0.1) is 0 Å². The second-order valence-electron chi connectivity index (χ2n) is 6.22. The lowest BCUT2D eigenvalue weighted by Crippen LogP contribution is -2.42. The predicted octanol–water partition coefficient (Wildman–Crippen LogP) is 2.51. The summed E-state index contributed by atoms with van der Waals surface area (Å²) in [5.74, 6) is 1.38. The maximum absolute atomic E-state index is 12.8. The Kier molecular flexibility index (Phi) is 5.12. The molecule has 0 saturated carbocycles. The van der Waals surface area contributed by atoms with Crippen LogP contribution in [0.2, 0.25) is 0 Å². The van der Waals surface area contributed by atoms with E-state index in [4.69, 9.17) is 14.0 Å². The van der Waals surface area contributed by atoms with Gasteiger partial charge in [0, 0.05) is 18.7 Å². The molecule has 2 aromatic carbocycles. The molecule has 3 aromatic rings. The Morgan fingerprint density at radius 1 is 1.11 bits per heavy atom. The van der Waals surface area contributed by atoms with Crippen molar-refractivity contribution in [1.82, 2.24) is 14.4 Å². The second-order valence-corrected chi connectivity index (χ2v) is 8.16. The van der Waals surface area contributed by atoms with E-state index in [1.807, 2.05) is 12.1 Å². The van der Waals surface area contributed by atoms with Crippen molar-refractivity contribution in [3.8, 4) is 17.1 Å². The second kappa shape index (κ2) is 7.70. The molecule has 0 radical (unpaired) electrons. The van der Waals surface area contributed by atoms with Crippen LogP contribution in [0.1, 0.15) is 12.0 Å². The average Bonchev–Trinajstić information content (AvgIpc) is 3.25. The van der Waals surface area contributed by atoms with Crippen LogP contribution in [0.4, 0.5) is 0 Å². The first-order chi connectivity index (χ1) is 13.6. The van der Waals surface area contributed by atoms with E-state index in [0.29, 0.717) is 5.82 Å². The Balaban J connectivity index is 1.53. The third kappa shape index (κ3) is 3.64. The van der Waals surface area contributed by atoms with E-state index in [1.54, 1.807) is 49.6 Å². The molecule has 1 atom stereocenters. The number of ether oxygens (including phenoxy) is 2. The zero-order valence-electron chi connectivity index (χ0n) is 15.2. The lowest BCUT2D eigenvalue weighted by Gasteiger charge is -2.30. The molecule has 0 aliphatic carbocycles. The molecule has 9 heteroatoms. The van der Waals surface area contributed by atoms with E-state index < -0.39 is 16.1 Å². The minimum Gasteiger partial charge on any atom is -0.497 e. The van der Waals surface area contributed by atoms with Gasteiger partial charge in [0.15, 0.2) is 6.10 Å². The third-order valence-electron chi connectivity index (χ3n) is 4.48. The number of benzene rings is 2. The third-order valence-corrected chi connectivity index (χ3v) is 6.35. The van der Waals surface area contributed by atoms with Crippen molar-refractivity contribution < 1.29 is 22.4 Å². The summed E-state index contributed by atoms with van der Waals surface area (Å²) in [4.78, 5) is 4.63. The summed E-state index contributed by atoms with van der Waals surface area (Å²) < 4.78 is 43.2. The maximum Gasteiger partial charge on any atom is 0.257 e. The maximum atomic E-state index is 12.8. The largest absolute Gasteiger partial charge is 0.497 e. The number of rotatable bonds is 5. The van der Waals surface area contributed by atoms with Gasteiger partial charge in [-0.25, -0.2) is 8.42 Å². The van der Waals surface area contributed by atoms with Crippen molar-refractivity contribution in [3.05, 3.63) is 60.5 Å². The van der Waals surface area contributed by atoms with Crippen LogP contribution in [0.25, 0.3) is 11.4 Å². The molecule has 1 fully saturated rings. The molecule has 1 aliphatic rings. The van der Waals surface area contributed by atoms with Crippen LogP contribution in [0.3, 0.4) is 0 Å². The van der Waals surface area contributed by atoms with E-state index >= 15 is 0 Å². The zero-order chi connectivity index (χ0) is 19.6. The predicted molar refractivity (Wildman–Crippen MR) is 100 cm³/mol. The number of sulfonamides is 1. The molecule has 1 aliphatic heterocycles. The molecule has 28 heavy (non-hydrogen) atoms. The van der Waals surface area contributed by atoms with Gasteiger partial charge in [0.25, 0.3) is 5.89 Å². The van der Waals surface area contributed by atoms with Gasteiger partial charge in [-0.1, -0.05) is 23.4 Å². The molecule has 8 nitrogen and oxygen atoms in total. The molecule has 0 bridgehead atoms. The molecule has 1 saturated heterocycles. The zero-order valence-corrected chi connectivity index (χ0v) is 16.0. The summed E-state index contributed by atoms with van der Waals surface area (Å²) in [5.41, 5.74) is 0.764. The minimum atomic E-state index is -3.61. The van der Waals surface area contributed by atoms with E-state index in [-0.39, 0.29) is 30.5 Å². The standard InChI is InChI=1S/C19H19N3O5S/c1-25-15-9-7-14(8-10-15)18-20-19(27-21-18)17-13-22(11-12-26-17)28(23,24)16-5-3-2-4-6-16/h2-10,17H,11-13H2,1H3. The highest BCUT2D eigenvalue weighted by molar-refractivity contribution is 7.89. The van der Waals surface area contributed by atoms with Crippen LogP contribution in [0.5, 0.6) is 5.75 Å². The topological polar surface area (TPSA) is 94.8 Å². The molecule has 4 rings (SSSR count). The van der Waals surface area contributed by atoms with Gasteiger partial charge >= 0.3 is 0 Å². The normalized spacial score (nSPS) is 18.1. The molecule has 0 amide bonds. The van der Waals surface area contributed by atoms with Gasteiger partial charge in [-0.05, 0) is 36.4 Å². The molecular formula is C19H19N3O5S. The Hall–Kier alpha value is -2.75. The fraction of sp³-hybridized carbons (Fsp3) is 0.263. The lowest BCUT2D eigenvalue weighted by molar-refractivity contribution is -0.0199. The molecule has 146 valence electrons. The van der Waals surface area contributed by atoms with Crippen LogP contribution in [0.15, 0.2) is 64.0 Å². The van der Waals surface area contributed by atoms with E-state index in [0.717, 1.165) is 11.3 Å². The Labute approximate surface area is 162 Å². The van der Waals surface area contributed by atoms with Crippen molar-refractivity contribution in [2.24, 2.45) is 0 Å². The summed E-state index contributed by atoms with van der Waals surface area (Å²) in [7, 11) is -2.01.